The number of anilines is 1. The van der Waals surface area contributed by atoms with Crippen molar-refractivity contribution >= 4 is 17.7 Å². The number of rotatable bonds is 4. The first-order valence-corrected chi connectivity index (χ1v) is 11.6. The van der Waals surface area contributed by atoms with Crippen LogP contribution in [0.5, 0.6) is 0 Å². The van der Waals surface area contributed by atoms with Gasteiger partial charge in [0.25, 0.3) is 5.92 Å². The molecule has 1 aromatic rings. The van der Waals surface area contributed by atoms with Crippen molar-refractivity contribution in [1.82, 2.24) is 14.8 Å². The molecule has 0 unspecified atom stereocenters. The summed E-state index contributed by atoms with van der Waals surface area (Å²) >= 11 is 0. The Morgan fingerprint density at radius 1 is 1.24 bits per heavy atom. The summed E-state index contributed by atoms with van der Waals surface area (Å²) in [6.45, 7) is 12.5. The van der Waals surface area contributed by atoms with E-state index in [1.165, 1.54) is 17.2 Å². The van der Waals surface area contributed by atoms with E-state index in [4.69, 9.17) is 4.74 Å². The van der Waals surface area contributed by atoms with Crippen molar-refractivity contribution < 1.29 is 28.2 Å². The van der Waals surface area contributed by atoms with Crippen LogP contribution in [0.15, 0.2) is 12.3 Å². The highest BCUT2D eigenvalue weighted by Crippen LogP contribution is 2.41. The van der Waals surface area contributed by atoms with Gasteiger partial charge in [-0.25, -0.2) is 13.6 Å². The lowest BCUT2D eigenvalue weighted by Gasteiger charge is -2.44. The summed E-state index contributed by atoms with van der Waals surface area (Å²) in [6.07, 6.45) is 0.715. The number of carbonyl (C=O) groups excluding carboxylic acids is 2. The summed E-state index contributed by atoms with van der Waals surface area (Å²) in [5.74, 6) is -3.33. The van der Waals surface area contributed by atoms with Gasteiger partial charge in [-0.15, -0.1) is 0 Å². The number of pyridine rings is 1. The van der Waals surface area contributed by atoms with Gasteiger partial charge in [-0.05, 0) is 33.8 Å². The summed E-state index contributed by atoms with van der Waals surface area (Å²) < 4.78 is 33.4. The molecule has 2 amide bonds. The van der Waals surface area contributed by atoms with Crippen molar-refractivity contribution in [3.8, 4) is 0 Å². The second-order valence-corrected chi connectivity index (χ2v) is 11.1. The molecule has 1 fully saturated rings. The Hall–Kier alpha value is -2.33. The molecule has 2 aliphatic rings. The van der Waals surface area contributed by atoms with E-state index >= 15 is 0 Å². The van der Waals surface area contributed by atoms with Crippen LogP contribution in [0, 0.1) is 0 Å². The van der Waals surface area contributed by atoms with Gasteiger partial charge in [0, 0.05) is 49.8 Å². The number of nitrogens with zero attached hydrogens (tertiary/aromatic N) is 4. The first-order valence-electron chi connectivity index (χ1n) is 11.6. The summed E-state index contributed by atoms with van der Waals surface area (Å²) in [5.41, 5.74) is -0.359. The number of amides is 2. The molecule has 1 aromatic heterocycles. The van der Waals surface area contributed by atoms with E-state index < -0.39 is 29.1 Å². The fraction of sp³-hybridized carbons (Fsp3) is 0.708. The maximum Gasteiger partial charge on any atom is 0.410 e. The molecule has 0 bridgehead atoms. The van der Waals surface area contributed by atoms with Gasteiger partial charge in [-0.1, -0.05) is 13.8 Å². The van der Waals surface area contributed by atoms with E-state index in [0.717, 1.165) is 6.92 Å². The van der Waals surface area contributed by atoms with Crippen molar-refractivity contribution in [3.05, 3.63) is 23.5 Å². The van der Waals surface area contributed by atoms with E-state index in [-0.39, 0.29) is 37.2 Å². The topological polar surface area (TPSA) is 86.2 Å². The number of ether oxygens (including phenoxy) is 1. The first kappa shape index (κ1) is 26.3. The number of aliphatic hydroxyl groups is 1. The molecule has 2 atom stereocenters. The fourth-order valence-corrected chi connectivity index (χ4v) is 4.51. The Balaban J connectivity index is 1.78. The molecule has 190 valence electrons. The average molecular weight is 483 g/mol. The van der Waals surface area contributed by atoms with E-state index in [2.05, 4.69) is 4.98 Å². The summed E-state index contributed by atoms with van der Waals surface area (Å²) in [4.78, 5) is 35.2. The van der Waals surface area contributed by atoms with Gasteiger partial charge in [0.15, 0.2) is 0 Å². The van der Waals surface area contributed by atoms with Gasteiger partial charge in [0.05, 0.1) is 30.6 Å². The summed E-state index contributed by atoms with van der Waals surface area (Å²) in [7, 11) is 0. The number of alkyl halides is 2. The van der Waals surface area contributed by atoms with Crippen LogP contribution in [-0.2, 0) is 20.9 Å². The number of aromatic nitrogens is 1. The molecule has 1 N–H and O–H groups in total. The second-order valence-electron chi connectivity index (χ2n) is 11.1. The third-order valence-electron chi connectivity index (χ3n) is 6.29. The maximum atomic E-state index is 13.9. The molecule has 0 aliphatic carbocycles. The highest BCUT2D eigenvalue weighted by atomic mass is 19.3. The van der Waals surface area contributed by atoms with Gasteiger partial charge in [0.1, 0.15) is 5.60 Å². The van der Waals surface area contributed by atoms with E-state index in [1.807, 2.05) is 25.7 Å². The maximum absolute atomic E-state index is 13.9. The monoisotopic (exact) mass is 482 g/mol. The van der Waals surface area contributed by atoms with Crippen LogP contribution >= 0.6 is 0 Å². The zero-order valence-corrected chi connectivity index (χ0v) is 21.1. The zero-order valence-electron chi connectivity index (χ0n) is 21.1. The predicted molar refractivity (Wildman–Crippen MR) is 124 cm³/mol. The highest BCUT2D eigenvalue weighted by molar-refractivity contribution is 5.97. The minimum Gasteiger partial charge on any atom is -0.444 e. The Morgan fingerprint density at radius 2 is 1.88 bits per heavy atom. The third kappa shape index (κ3) is 5.49. The normalized spacial score (nSPS) is 23.1. The predicted octanol–water partition coefficient (Wildman–Crippen LogP) is 3.12. The molecule has 8 nitrogen and oxygen atoms in total. The number of hydrogen-bond acceptors (Lipinski definition) is 6. The lowest BCUT2D eigenvalue weighted by atomic mass is 9.91. The Labute approximate surface area is 199 Å². The third-order valence-corrected chi connectivity index (χ3v) is 6.29. The molecule has 0 spiro atoms. The fourth-order valence-electron chi connectivity index (χ4n) is 4.51. The molecule has 10 heteroatoms. The molecule has 0 radical (unpaired) electrons. The minimum absolute atomic E-state index is 0.0139. The number of aliphatic hydroxyl groups excluding tert-OH is 1. The largest absolute Gasteiger partial charge is 0.444 e. The van der Waals surface area contributed by atoms with Gasteiger partial charge in [-0.2, -0.15) is 0 Å². The van der Waals surface area contributed by atoms with Gasteiger partial charge < -0.3 is 19.6 Å². The van der Waals surface area contributed by atoms with Crippen molar-refractivity contribution in [3.63, 3.8) is 0 Å². The van der Waals surface area contributed by atoms with Crippen LogP contribution < -0.4 is 4.90 Å². The molecule has 34 heavy (non-hydrogen) atoms. The van der Waals surface area contributed by atoms with E-state index in [0.29, 0.717) is 24.5 Å². The van der Waals surface area contributed by atoms with Crippen LogP contribution in [0.25, 0.3) is 0 Å². The van der Waals surface area contributed by atoms with Crippen molar-refractivity contribution in [2.75, 3.05) is 37.7 Å². The average Bonchev–Trinajstić information content (AvgIpc) is 2.97. The first-order chi connectivity index (χ1) is 15.5. The minimum atomic E-state index is -3.07. The van der Waals surface area contributed by atoms with Crippen molar-refractivity contribution in [1.29, 1.82) is 0 Å². The highest BCUT2D eigenvalue weighted by Gasteiger charge is 2.43. The molecular formula is C24H36F2N4O4. The molecular weight excluding hydrogens is 446 g/mol. The van der Waals surface area contributed by atoms with Crippen molar-refractivity contribution in [2.24, 2.45) is 0 Å². The zero-order chi connectivity index (χ0) is 25.6. The molecule has 0 aromatic carbocycles. The van der Waals surface area contributed by atoms with Crippen LogP contribution in [0.4, 0.5) is 19.3 Å². The van der Waals surface area contributed by atoms with Crippen LogP contribution in [0.1, 0.15) is 59.7 Å². The lowest BCUT2D eigenvalue weighted by Crippen LogP contribution is -2.62. The number of piperazine rings is 1. The quantitative estimate of drug-likeness (QED) is 0.710. The summed E-state index contributed by atoms with van der Waals surface area (Å²) in [5, 5.41) is 9.99. The number of carbonyl (C=O) groups is 2. The van der Waals surface area contributed by atoms with E-state index in [9.17, 15) is 23.5 Å². The molecule has 2 aliphatic heterocycles. The number of halogens is 2. The van der Waals surface area contributed by atoms with Crippen LogP contribution in [0.2, 0.25) is 0 Å². The second kappa shape index (κ2) is 9.03. The van der Waals surface area contributed by atoms with E-state index in [1.54, 1.807) is 25.7 Å². The Kier molecular flexibility index (Phi) is 6.98. The van der Waals surface area contributed by atoms with Gasteiger partial charge in [-0.3, -0.25) is 14.7 Å². The summed E-state index contributed by atoms with van der Waals surface area (Å²) in [6, 6.07) is 0.661. The molecule has 3 rings (SSSR count). The Morgan fingerprint density at radius 3 is 2.44 bits per heavy atom. The van der Waals surface area contributed by atoms with Crippen molar-refractivity contribution in [2.45, 2.75) is 77.5 Å². The van der Waals surface area contributed by atoms with Gasteiger partial charge in [0.2, 0.25) is 5.91 Å². The number of hydrogen-bond donors (Lipinski definition) is 1. The van der Waals surface area contributed by atoms with Crippen LogP contribution in [0.3, 0.4) is 0 Å². The van der Waals surface area contributed by atoms with Crippen LogP contribution in [-0.4, -0.2) is 82.4 Å². The SMILES string of the molecule is C[C@@H]1CN(CC(=O)N2CC(C)(C)c3ncc(C(C)(F)F)cc32)[C@@H](CO)CN1C(=O)OC(C)(C)C. The smallest absolute Gasteiger partial charge is 0.410 e. The lowest BCUT2D eigenvalue weighted by molar-refractivity contribution is -0.121. The Bertz CT molecular complexity index is 942. The molecule has 1 saturated heterocycles. The number of fused-ring (bicyclic) bond motifs is 1. The molecule has 3 heterocycles. The molecule has 0 saturated carbocycles. The van der Waals surface area contributed by atoms with Gasteiger partial charge >= 0.3 is 6.09 Å². The standard InChI is InChI=1S/C24H36F2N4O4/c1-15-10-28(17(13-31)11-29(15)21(33)34-22(2,3)4)12-19(32)30-14-23(5,6)20-18(30)8-16(9-27-20)24(7,25)26/h8-9,15,17,31H,10-14H2,1-7H3/t15-,17-/m1/s1.